The van der Waals surface area contributed by atoms with E-state index in [-0.39, 0.29) is 0 Å². The van der Waals surface area contributed by atoms with Crippen LogP contribution in [0.2, 0.25) is 0 Å². The van der Waals surface area contributed by atoms with Crippen LogP contribution >= 0.6 is 0 Å². The molecule has 0 unspecified atom stereocenters. The van der Waals surface area contributed by atoms with Crippen LogP contribution in [0.4, 0.5) is 4.39 Å². The Kier molecular flexibility index (Phi) is 10.8. The first kappa shape index (κ1) is 25.8. The van der Waals surface area contributed by atoms with E-state index < -0.39 is 5.67 Å². The van der Waals surface area contributed by atoms with E-state index in [1.54, 1.807) is 0 Å². The zero-order valence-corrected chi connectivity index (χ0v) is 21.1. The van der Waals surface area contributed by atoms with Gasteiger partial charge in [-0.1, -0.05) is 102 Å². The topological polar surface area (TPSA) is 9.23 Å². The number of hydrogen-bond donors (Lipinski definition) is 0. The molecule has 0 spiro atoms. The molecule has 0 aromatic heterocycles. The smallest absolute Gasteiger partial charge is 0.119 e. The molecule has 1 aliphatic rings. The van der Waals surface area contributed by atoms with Gasteiger partial charge < -0.3 is 4.74 Å². The van der Waals surface area contributed by atoms with Crippen molar-refractivity contribution >= 4 is 0 Å². The molecule has 33 heavy (non-hydrogen) atoms. The number of hydrogen-bond acceptors (Lipinski definition) is 1. The minimum Gasteiger partial charge on any atom is -0.494 e. The predicted octanol–water partition coefficient (Wildman–Crippen LogP) is 10.0. The van der Waals surface area contributed by atoms with Crippen LogP contribution in [0.15, 0.2) is 48.5 Å². The fraction of sp³-hybridized carbons (Fsp3) is 0.613. The minimum absolute atomic E-state index is 0.506. The summed E-state index contributed by atoms with van der Waals surface area (Å²) in [6.45, 7) is 5.26. The fourth-order valence-corrected chi connectivity index (χ4v) is 5.17. The number of halogens is 1. The van der Waals surface area contributed by atoms with E-state index in [1.165, 1.54) is 61.6 Å². The summed E-state index contributed by atoms with van der Waals surface area (Å²) in [5.41, 5.74) is 2.91. The van der Waals surface area contributed by atoms with Gasteiger partial charge in [0.1, 0.15) is 11.4 Å². The second-order valence-corrected chi connectivity index (χ2v) is 10.1. The van der Waals surface area contributed by atoms with Gasteiger partial charge in [-0.3, -0.25) is 0 Å². The van der Waals surface area contributed by atoms with Gasteiger partial charge in [-0.2, -0.15) is 0 Å². The predicted molar refractivity (Wildman–Crippen MR) is 140 cm³/mol. The molecule has 0 radical (unpaired) electrons. The Balaban J connectivity index is 1.44. The van der Waals surface area contributed by atoms with Gasteiger partial charge in [0.05, 0.1) is 6.61 Å². The van der Waals surface area contributed by atoms with Crippen molar-refractivity contribution in [2.75, 3.05) is 6.61 Å². The zero-order valence-electron chi connectivity index (χ0n) is 21.1. The van der Waals surface area contributed by atoms with Gasteiger partial charge >= 0.3 is 0 Å². The normalized spacial score (nSPS) is 20.6. The van der Waals surface area contributed by atoms with E-state index in [4.69, 9.17) is 4.74 Å². The van der Waals surface area contributed by atoms with Crippen molar-refractivity contribution in [2.24, 2.45) is 0 Å². The molecule has 1 aliphatic carbocycles. The number of unbranched alkanes of at least 4 members (excludes halogenated alkanes) is 7. The van der Waals surface area contributed by atoms with Crippen LogP contribution in [-0.2, 0) is 0 Å². The van der Waals surface area contributed by atoms with Crippen molar-refractivity contribution in [1.82, 2.24) is 0 Å². The number of alkyl halides is 1. The van der Waals surface area contributed by atoms with Crippen LogP contribution in [0.5, 0.6) is 5.75 Å². The second kappa shape index (κ2) is 13.8. The molecule has 182 valence electrons. The lowest BCUT2D eigenvalue weighted by Crippen LogP contribution is -2.28. The molecule has 0 bridgehead atoms. The Bertz CT molecular complexity index is 772. The first-order valence-electron chi connectivity index (χ1n) is 13.7. The van der Waals surface area contributed by atoms with Crippen LogP contribution in [0.25, 0.3) is 11.1 Å². The third-order valence-corrected chi connectivity index (χ3v) is 7.45. The lowest BCUT2D eigenvalue weighted by molar-refractivity contribution is 0.0849. The van der Waals surface area contributed by atoms with E-state index in [0.717, 1.165) is 57.3 Å². The molecule has 1 nitrogen and oxygen atoms in total. The Labute approximate surface area is 202 Å². The number of benzene rings is 2. The van der Waals surface area contributed by atoms with Crippen molar-refractivity contribution < 1.29 is 9.13 Å². The van der Waals surface area contributed by atoms with Gasteiger partial charge in [0.25, 0.3) is 0 Å². The summed E-state index contributed by atoms with van der Waals surface area (Å²) in [6.07, 6.45) is 15.1. The molecule has 0 amide bonds. The third-order valence-electron chi connectivity index (χ3n) is 7.45. The molecule has 0 N–H and O–H groups in total. The highest BCUT2D eigenvalue weighted by Crippen LogP contribution is 2.43. The van der Waals surface area contributed by atoms with Crippen LogP contribution in [0.1, 0.15) is 115 Å². The molecule has 0 saturated heterocycles. The summed E-state index contributed by atoms with van der Waals surface area (Å²) in [4.78, 5) is 0. The summed E-state index contributed by atoms with van der Waals surface area (Å²) in [6, 6.07) is 17.4. The van der Waals surface area contributed by atoms with E-state index in [1.807, 2.05) is 0 Å². The van der Waals surface area contributed by atoms with E-state index in [2.05, 4.69) is 62.4 Å². The lowest BCUT2D eigenvalue weighted by Gasteiger charge is -2.34. The summed E-state index contributed by atoms with van der Waals surface area (Å²) >= 11 is 0. The maximum atomic E-state index is 15.2. The molecule has 2 heteroatoms. The average Bonchev–Trinajstić information content (AvgIpc) is 2.85. The standard InChI is InChI=1S/C31H45FO/c1-3-5-7-9-10-22-31(32)23-20-29(21-24-31)27-14-12-26(13-15-27)28-16-18-30(19-17-28)33-25-11-8-6-4-2/h12-19,29H,3-11,20-25H2,1-2H3. The quantitative estimate of drug-likeness (QED) is 0.259. The average molecular weight is 453 g/mol. The van der Waals surface area contributed by atoms with Gasteiger partial charge in [0.15, 0.2) is 0 Å². The highest BCUT2D eigenvalue weighted by molar-refractivity contribution is 5.64. The highest BCUT2D eigenvalue weighted by atomic mass is 19.1. The SMILES string of the molecule is CCCCCCCC1(F)CCC(c2ccc(-c3ccc(OCCCCCC)cc3)cc2)CC1. The molecule has 1 fully saturated rings. The molecule has 0 atom stereocenters. The Morgan fingerprint density at radius 2 is 1.27 bits per heavy atom. The first-order valence-corrected chi connectivity index (χ1v) is 13.7. The van der Waals surface area contributed by atoms with Crippen molar-refractivity contribution in [1.29, 1.82) is 0 Å². The maximum Gasteiger partial charge on any atom is 0.119 e. The Morgan fingerprint density at radius 1 is 0.727 bits per heavy atom. The van der Waals surface area contributed by atoms with Gasteiger partial charge in [0, 0.05) is 0 Å². The largest absolute Gasteiger partial charge is 0.494 e. The number of ether oxygens (including phenoxy) is 1. The Morgan fingerprint density at radius 3 is 1.88 bits per heavy atom. The molecule has 2 aromatic carbocycles. The minimum atomic E-state index is -0.914. The fourth-order valence-electron chi connectivity index (χ4n) is 5.17. The van der Waals surface area contributed by atoms with Crippen molar-refractivity contribution in [3.63, 3.8) is 0 Å². The van der Waals surface area contributed by atoms with Crippen molar-refractivity contribution in [3.8, 4) is 16.9 Å². The van der Waals surface area contributed by atoms with Gasteiger partial charge in [0.2, 0.25) is 0 Å². The molecule has 3 rings (SSSR count). The van der Waals surface area contributed by atoms with Gasteiger partial charge in [-0.15, -0.1) is 0 Å². The first-order chi connectivity index (χ1) is 16.1. The summed E-state index contributed by atoms with van der Waals surface area (Å²) < 4.78 is 21.1. The second-order valence-electron chi connectivity index (χ2n) is 10.1. The van der Waals surface area contributed by atoms with Crippen LogP contribution < -0.4 is 4.74 Å². The summed E-state index contributed by atoms with van der Waals surface area (Å²) in [5, 5.41) is 0. The molecule has 0 heterocycles. The van der Waals surface area contributed by atoms with E-state index >= 15 is 4.39 Å². The monoisotopic (exact) mass is 452 g/mol. The Hall–Kier alpha value is -1.83. The van der Waals surface area contributed by atoms with E-state index in [9.17, 15) is 0 Å². The molecular formula is C31H45FO. The summed E-state index contributed by atoms with van der Waals surface area (Å²) in [5.74, 6) is 1.46. The van der Waals surface area contributed by atoms with Gasteiger partial charge in [-0.05, 0) is 73.3 Å². The molecule has 2 aromatic rings. The van der Waals surface area contributed by atoms with Crippen LogP contribution in [-0.4, -0.2) is 12.3 Å². The van der Waals surface area contributed by atoms with Crippen LogP contribution in [0, 0.1) is 0 Å². The van der Waals surface area contributed by atoms with Crippen molar-refractivity contribution in [3.05, 3.63) is 54.1 Å². The van der Waals surface area contributed by atoms with E-state index in [0.29, 0.717) is 5.92 Å². The van der Waals surface area contributed by atoms with Crippen molar-refractivity contribution in [2.45, 2.75) is 115 Å². The highest BCUT2D eigenvalue weighted by Gasteiger charge is 2.35. The zero-order chi connectivity index (χ0) is 23.4. The van der Waals surface area contributed by atoms with Crippen LogP contribution in [0.3, 0.4) is 0 Å². The summed E-state index contributed by atoms with van der Waals surface area (Å²) in [7, 11) is 0. The molecule has 1 saturated carbocycles. The molecular weight excluding hydrogens is 407 g/mol. The lowest BCUT2D eigenvalue weighted by atomic mass is 9.75. The molecule has 0 aliphatic heterocycles. The van der Waals surface area contributed by atoms with Gasteiger partial charge in [-0.25, -0.2) is 4.39 Å². The number of rotatable bonds is 14. The third kappa shape index (κ3) is 8.47. The maximum absolute atomic E-state index is 15.2.